The first-order valence-electron chi connectivity index (χ1n) is 7.48. The largest absolute Gasteiger partial charge is 0.371 e. The highest BCUT2D eigenvalue weighted by atomic mass is 32.1. The number of thiocarbonyl (C=S) groups is 1. The first-order valence-corrected chi connectivity index (χ1v) is 8.70. The number of piperidine rings is 1. The second-order valence-electron chi connectivity index (χ2n) is 5.92. The zero-order valence-electron chi connectivity index (χ0n) is 11.8. The number of hydrogen-bond acceptors (Lipinski definition) is 3. The molecule has 3 heterocycles. The Labute approximate surface area is 134 Å². The lowest BCUT2D eigenvalue weighted by Crippen LogP contribution is -2.42. The minimum Gasteiger partial charge on any atom is -0.371 e. The van der Waals surface area contributed by atoms with Crippen LogP contribution in [0, 0.1) is 5.92 Å². The van der Waals surface area contributed by atoms with Crippen molar-refractivity contribution in [3.63, 3.8) is 0 Å². The maximum Gasteiger partial charge on any atom is 0.117 e. The zero-order valence-corrected chi connectivity index (χ0v) is 13.4. The van der Waals surface area contributed by atoms with Gasteiger partial charge in [-0.05, 0) is 36.6 Å². The molecule has 2 aliphatic heterocycles. The molecule has 0 amide bonds. The zero-order chi connectivity index (χ0) is 14.2. The molecule has 0 saturated carbocycles. The molecule has 0 radical (unpaired) electrons. The standard InChI is InChI=1S/C17H18N2S2/c20-17(18-14-11-19-9-8-13(14)10-19)16-7-6-15(21-16)12-4-2-1-3-5-12/h1-7,13-14H,8-11H2,(H,18,20)/t13-,14?/m0/s1. The van der Waals surface area contributed by atoms with Crippen molar-refractivity contribution in [3.05, 3.63) is 47.3 Å². The number of nitrogens with zero attached hydrogens (tertiary/aromatic N) is 1. The first kappa shape index (κ1) is 13.4. The van der Waals surface area contributed by atoms with Gasteiger partial charge in [0.25, 0.3) is 0 Å². The van der Waals surface area contributed by atoms with Crippen LogP contribution in [0.1, 0.15) is 11.3 Å². The predicted octanol–water partition coefficient (Wildman–Crippen LogP) is 3.38. The number of rotatable bonds is 3. The van der Waals surface area contributed by atoms with E-state index in [4.69, 9.17) is 12.2 Å². The average molecular weight is 314 g/mol. The van der Waals surface area contributed by atoms with Gasteiger partial charge in [-0.15, -0.1) is 11.3 Å². The van der Waals surface area contributed by atoms with Crippen LogP contribution in [0.2, 0.25) is 0 Å². The van der Waals surface area contributed by atoms with E-state index in [-0.39, 0.29) is 0 Å². The molecular formula is C17H18N2S2. The number of fused-ring (bicyclic) bond motifs is 2. The molecule has 1 N–H and O–H groups in total. The van der Waals surface area contributed by atoms with Crippen molar-refractivity contribution >= 4 is 28.5 Å². The van der Waals surface area contributed by atoms with Gasteiger partial charge in [0, 0.05) is 24.0 Å². The molecule has 21 heavy (non-hydrogen) atoms. The van der Waals surface area contributed by atoms with Crippen LogP contribution in [0.4, 0.5) is 0 Å². The minimum atomic E-state index is 0.550. The van der Waals surface area contributed by atoms with Crippen LogP contribution in [0.5, 0.6) is 0 Å². The van der Waals surface area contributed by atoms with Crippen LogP contribution in [0.15, 0.2) is 42.5 Å². The SMILES string of the molecule is S=C(NC1CN2CC[C@H]1C2)c1ccc(-c2ccccc2)s1. The Kier molecular flexibility index (Phi) is 3.53. The molecule has 3 atom stereocenters. The molecule has 0 spiro atoms. The van der Waals surface area contributed by atoms with Crippen LogP contribution in [0.25, 0.3) is 10.4 Å². The quantitative estimate of drug-likeness (QED) is 0.874. The maximum atomic E-state index is 5.62. The van der Waals surface area contributed by atoms with E-state index in [0.717, 1.165) is 17.5 Å². The Morgan fingerprint density at radius 1 is 1.14 bits per heavy atom. The molecule has 2 saturated heterocycles. The van der Waals surface area contributed by atoms with E-state index in [2.05, 4.69) is 52.7 Å². The summed E-state index contributed by atoms with van der Waals surface area (Å²) in [5.74, 6) is 0.788. The molecular weight excluding hydrogens is 296 g/mol. The Hall–Kier alpha value is -1.23. The van der Waals surface area contributed by atoms with Crippen LogP contribution in [0.3, 0.4) is 0 Å². The Morgan fingerprint density at radius 3 is 2.71 bits per heavy atom. The second-order valence-corrected chi connectivity index (χ2v) is 7.41. The van der Waals surface area contributed by atoms with Crippen LogP contribution >= 0.6 is 23.6 Å². The lowest BCUT2D eigenvalue weighted by molar-refractivity contribution is 0.335. The van der Waals surface area contributed by atoms with Crippen molar-refractivity contribution in [2.75, 3.05) is 19.6 Å². The summed E-state index contributed by atoms with van der Waals surface area (Å²) in [7, 11) is 0. The van der Waals surface area contributed by atoms with E-state index >= 15 is 0 Å². The molecule has 2 fully saturated rings. The molecule has 2 aliphatic rings. The van der Waals surface area contributed by atoms with Gasteiger partial charge in [-0.2, -0.15) is 0 Å². The molecule has 1 aromatic carbocycles. The highest BCUT2D eigenvalue weighted by Crippen LogP contribution is 2.30. The van der Waals surface area contributed by atoms with Gasteiger partial charge >= 0.3 is 0 Å². The van der Waals surface area contributed by atoms with E-state index in [1.807, 2.05) is 0 Å². The summed E-state index contributed by atoms with van der Waals surface area (Å²) < 4.78 is 0. The van der Waals surface area contributed by atoms with E-state index in [1.54, 1.807) is 11.3 Å². The van der Waals surface area contributed by atoms with E-state index < -0.39 is 0 Å². The van der Waals surface area contributed by atoms with Crippen LogP contribution in [-0.2, 0) is 0 Å². The smallest absolute Gasteiger partial charge is 0.117 e. The molecule has 2 aromatic rings. The van der Waals surface area contributed by atoms with Crippen molar-refractivity contribution in [1.82, 2.24) is 10.2 Å². The molecule has 0 aliphatic carbocycles. The molecule has 2 unspecified atom stereocenters. The summed E-state index contributed by atoms with van der Waals surface area (Å²) >= 11 is 7.40. The van der Waals surface area contributed by atoms with E-state index in [0.29, 0.717) is 6.04 Å². The van der Waals surface area contributed by atoms with Crippen molar-refractivity contribution in [2.24, 2.45) is 5.92 Å². The molecule has 2 nitrogen and oxygen atoms in total. The lowest BCUT2D eigenvalue weighted by Gasteiger charge is -2.24. The van der Waals surface area contributed by atoms with Gasteiger partial charge in [0.05, 0.1) is 4.88 Å². The number of benzene rings is 1. The molecule has 4 heteroatoms. The Bertz CT molecular complexity index is 650. The maximum absolute atomic E-state index is 5.62. The summed E-state index contributed by atoms with van der Waals surface area (Å²) in [5, 5.41) is 3.59. The number of thiophene rings is 1. The average Bonchev–Trinajstić information content (AvgIpc) is 3.24. The van der Waals surface area contributed by atoms with Crippen molar-refractivity contribution in [2.45, 2.75) is 12.5 Å². The third-order valence-corrected chi connectivity index (χ3v) is 6.16. The van der Waals surface area contributed by atoms with Gasteiger partial charge in [-0.1, -0.05) is 42.5 Å². The molecule has 2 bridgehead atoms. The third kappa shape index (κ3) is 2.63. The van der Waals surface area contributed by atoms with Crippen molar-refractivity contribution < 1.29 is 0 Å². The fourth-order valence-electron chi connectivity index (χ4n) is 3.40. The summed E-state index contributed by atoms with van der Waals surface area (Å²) in [6.45, 7) is 3.68. The van der Waals surface area contributed by atoms with E-state index in [9.17, 15) is 0 Å². The third-order valence-electron chi connectivity index (χ3n) is 4.54. The van der Waals surface area contributed by atoms with Crippen LogP contribution < -0.4 is 5.32 Å². The number of nitrogens with one attached hydrogen (secondary N) is 1. The monoisotopic (exact) mass is 314 g/mol. The van der Waals surface area contributed by atoms with Gasteiger partial charge in [0.1, 0.15) is 4.99 Å². The van der Waals surface area contributed by atoms with Gasteiger partial charge in [0.2, 0.25) is 0 Å². The number of hydrogen-bond donors (Lipinski definition) is 1. The first-order chi connectivity index (χ1) is 10.3. The summed E-state index contributed by atoms with van der Waals surface area (Å²) in [6, 6.07) is 15.4. The summed E-state index contributed by atoms with van der Waals surface area (Å²) in [6.07, 6.45) is 1.32. The highest BCUT2D eigenvalue weighted by Gasteiger charge is 2.38. The van der Waals surface area contributed by atoms with Gasteiger partial charge in [-0.3, -0.25) is 0 Å². The van der Waals surface area contributed by atoms with E-state index in [1.165, 1.54) is 34.8 Å². The van der Waals surface area contributed by atoms with Gasteiger partial charge in [-0.25, -0.2) is 0 Å². The molecule has 4 rings (SSSR count). The van der Waals surface area contributed by atoms with Gasteiger partial charge < -0.3 is 10.2 Å². The normalized spacial score (nSPS) is 27.0. The topological polar surface area (TPSA) is 15.3 Å². The van der Waals surface area contributed by atoms with Gasteiger partial charge in [0.15, 0.2) is 0 Å². The molecule has 1 aromatic heterocycles. The fourth-order valence-corrected chi connectivity index (χ4v) is 4.66. The highest BCUT2D eigenvalue weighted by molar-refractivity contribution is 7.81. The summed E-state index contributed by atoms with van der Waals surface area (Å²) in [4.78, 5) is 5.92. The second kappa shape index (κ2) is 5.52. The Balaban J connectivity index is 1.47. The summed E-state index contributed by atoms with van der Waals surface area (Å²) in [5.41, 5.74) is 1.27. The fraction of sp³-hybridized carbons (Fsp3) is 0.353. The predicted molar refractivity (Wildman–Crippen MR) is 92.9 cm³/mol. The van der Waals surface area contributed by atoms with Crippen molar-refractivity contribution in [1.29, 1.82) is 0 Å². The Morgan fingerprint density at radius 2 is 2.00 bits per heavy atom. The molecule has 108 valence electrons. The van der Waals surface area contributed by atoms with Crippen molar-refractivity contribution in [3.8, 4) is 10.4 Å². The minimum absolute atomic E-state index is 0.550. The lowest BCUT2D eigenvalue weighted by atomic mass is 10.0. The van der Waals surface area contributed by atoms with Crippen LogP contribution in [-0.4, -0.2) is 35.6 Å².